The Bertz CT molecular complexity index is 2450. The van der Waals surface area contributed by atoms with Crippen LogP contribution in [-0.4, -0.2) is 9.52 Å². The van der Waals surface area contributed by atoms with Crippen LogP contribution in [-0.2, 0) is 31.7 Å². The van der Waals surface area contributed by atoms with Gasteiger partial charge in [0.25, 0.3) is 0 Å². The van der Waals surface area contributed by atoms with Gasteiger partial charge in [-0.05, 0) is 33.8 Å². The van der Waals surface area contributed by atoms with Gasteiger partial charge in [-0.3, -0.25) is 0 Å². The third-order valence-corrected chi connectivity index (χ3v) is 12.6. The third-order valence-electron chi connectivity index (χ3n) is 11.3. The molecule has 0 atom stereocenters. The van der Waals surface area contributed by atoms with Gasteiger partial charge in [0.15, 0.2) is 0 Å². The van der Waals surface area contributed by atoms with Gasteiger partial charge in [-0.1, -0.05) is 187 Å². The molecule has 0 aromatic heterocycles. The minimum atomic E-state index is -0.826. The Morgan fingerprint density at radius 3 is 1.38 bits per heavy atom. The van der Waals surface area contributed by atoms with Gasteiger partial charge in [0.1, 0.15) is 0 Å². The minimum absolute atomic E-state index is 0.185. The van der Waals surface area contributed by atoms with E-state index in [9.17, 15) is 0 Å². The smallest absolute Gasteiger partial charge is 0.0920 e. The number of hydrogen-bond acceptors (Lipinski definition) is 0. The van der Waals surface area contributed by atoms with E-state index in [1.54, 1.807) is 0 Å². The molecule has 60 heavy (non-hydrogen) atoms. The molecule has 0 saturated heterocycles. The van der Waals surface area contributed by atoms with Crippen molar-refractivity contribution in [3.05, 3.63) is 180 Å². The van der Waals surface area contributed by atoms with E-state index in [0.29, 0.717) is 11.8 Å². The van der Waals surface area contributed by atoms with Crippen LogP contribution in [0.15, 0.2) is 152 Å². The minimum Gasteiger partial charge on any atom is -0.184 e. The van der Waals surface area contributed by atoms with Crippen LogP contribution in [0.25, 0.3) is 54.9 Å². The second kappa shape index (κ2) is 19.9. The van der Waals surface area contributed by atoms with Gasteiger partial charge in [0.05, 0.1) is 9.52 Å². The second-order valence-corrected chi connectivity index (χ2v) is 23.3. The molecule has 306 valence electrons. The molecule has 8 aromatic carbocycles. The first-order chi connectivity index (χ1) is 28.6. The van der Waals surface area contributed by atoms with Gasteiger partial charge in [-0.15, -0.1) is 74.6 Å². The molecular weight excluding hydrogens is 863 g/mol. The Balaban J connectivity index is 0.000000150. The van der Waals surface area contributed by atoms with Crippen molar-refractivity contribution in [3.63, 3.8) is 0 Å². The molecular formula is C56H57Cl2SiZr-3. The Kier molecular flexibility index (Phi) is 15.2. The topological polar surface area (TPSA) is 0 Å². The van der Waals surface area contributed by atoms with Crippen molar-refractivity contribution < 1.29 is 20.8 Å². The molecule has 1 aliphatic rings. The van der Waals surface area contributed by atoms with Crippen LogP contribution in [0, 0.1) is 6.07 Å². The summed E-state index contributed by atoms with van der Waals surface area (Å²) in [5, 5.41) is 8.31. The summed E-state index contributed by atoms with van der Waals surface area (Å²) in [6, 6.07) is 58.4. The fourth-order valence-corrected chi connectivity index (χ4v) is 9.32. The number of benzene rings is 6. The first-order valence-electron chi connectivity index (χ1n) is 21.0. The van der Waals surface area contributed by atoms with Crippen LogP contribution < -0.4 is 10.4 Å². The van der Waals surface area contributed by atoms with Crippen LogP contribution in [0.5, 0.6) is 0 Å². The molecule has 0 bridgehead atoms. The molecule has 2 radical (unpaired) electrons. The fraction of sp³-hybridized carbons (Fsp3) is 0.250. The first-order valence-corrected chi connectivity index (χ1v) is 28.4. The van der Waals surface area contributed by atoms with Gasteiger partial charge in [0, 0.05) is 0 Å². The zero-order valence-corrected chi connectivity index (χ0v) is 41.8. The van der Waals surface area contributed by atoms with Crippen molar-refractivity contribution in [2.45, 2.75) is 91.9 Å². The summed E-state index contributed by atoms with van der Waals surface area (Å²) in [7, 11) is 10.7. The van der Waals surface area contributed by atoms with E-state index in [-0.39, 0.29) is 10.8 Å². The third kappa shape index (κ3) is 10.6. The van der Waals surface area contributed by atoms with Crippen molar-refractivity contribution in [1.29, 1.82) is 0 Å². The Morgan fingerprint density at radius 1 is 0.533 bits per heavy atom. The van der Waals surface area contributed by atoms with Crippen LogP contribution in [0.3, 0.4) is 0 Å². The summed E-state index contributed by atoms with van der Waals surface area (Å²) in [5.74, 6) is 1.04. The van der Waals surface area contributed by atoms with Crippen molar-refractivity contribution in [1.82, 2.24) is 0 Å². The maximum absolute atomic E-state index is 4.93. The van der Waals surface area contributed by atoms with Crippen molar-refractivity contribution in [3.8, 4) is 33.4 Å². The molecule has 0 spiro atoms. The first kappa shape index (κ1) is 45.7. The molecule has 8 aromatic rings. The van der Waals surface area contributed by atoms with Gasteiger partial charge in [-0.25, -0.2) is 0 Å². The van der Waals surface area contributed by atoms with Gasteiger partial charge >= 0.3 is 37.9 Å². The van der Waals surface area contributed by atoms with E-state index in [2.05, 4.69) is 221 Å². The molecule has 9 rings (SSSR count). The SMILES string of the molecule is CC(C)c1ccc2[cH-]c(C(C)(C)C)cc2c1-c1ccccc1.CC(C)c1ccc2[cH-]c(C(C)(C)C)cc2c1-c1ccccc1.[Cl][Zr][Cl].[c-]1cccc2c1[Si]c1ccccc1-2. The van der Waals surface area contributed by atoms with Gasteiger partial charge in [-0.2, -0.15) is 41.6 Å². The number of halogens is 2. The van der Waals surface area contributed by atoms with Crippen LogP contribution >= 0.6 is 17.0 Å². The van der Waals surface area contributed by atoms with E-state index >= 15 is 0 Å². The Labute approximate surface area is 381 Å². The largest absolute Gasteiger partial charge is 0.184 e. The summed E-state index contributed by atoms with van der Waals surface area (Å²) in [6.45, 7) is 22.8. The normalized spacial score (nSPS) is 11.9. The predicted molar refractivity (Wildman–Crippen MR) is 263 cm³/mol. The summed E-state index contributed by atoms with van der Waals surface area (Å²) >= 11 is -0.826. The molecule has 1 heterocycles. The van der Waals surface area contributed by atoms with Crippen molar-refractivity contribution in [2.75, 3.05) is 0 Å². The molecule has 0 unspecified atom stereocenters. The molecule has 4 heteroatoms. The molecule has 0 nitrogen and oxygen atoms in total. The second-order valence-electron chi connectivity index (χ2n) is 18.3. The van der Waals surface area contributed by atoms with Crippen molar-refractivity contribution in [2.24, 2.45) is 0 Å². The zero-order valence-electron chi connectivity index (χ0n) is 36.8. The van der Waals surface area contributed by atoms with Crippen LogP contribution in [0.1, 0.15) is 103 Å². The quantitative estimate of drug-likeness (QED) is 0.122. The summed E-state index contributed by atoms with van der Waals surface area (Å²) in [4.78, 5) is 0. The van der Waals surface area contributed by atoms with Crippen molar-refractivity contribution >= 4 is 58.5 Å². The predicted octanol–water partition coefficient (Wildman–Crippen LogP) is 15.8. The molecule has 0 fully saturated rings. The average molecular weight is 920 g/mol. The zero-order chi connectivity index (χ0) is 43.2. The number of rotatable bonds is 4. The van der Waals surface area contributed by atoms with Crippen LogP contribution in [0.4, 0.5) is 0 Å². The Morgan fingerprint density at radius 2 is 0.950 bits per heavy atom. The molecule has 0 amide bonds. The maximum Gasteiger partial charge on any atom is 0.0920 e. The summed E-state index contributed by atoms with van der Waals surface area (Å²) in [5.41, 5.74) is 14.3. The molecule has 0 saturated carbocycles. The van der Waals surface area contributed by atoms with E-state index in [1.165, 1.54) is 87.6 Å². The fourth-order valence-electron chi connectivity index (χ4n) is 8.01. The average Bonchev–Trinajstić information content (AvgIpc) is 3.97. The molecule has 0 N–H and O–H groups in total. The monoisotopic (exact) mass is 917 g/mol. The molecule has 1 aliphatic heterocycles. The van der Waals surface area contributed by atoms with Gasteiger partial charge in [0.2, 0.25) is 0 Å². The van der Waals surface area contributed by atoms with E-state index < -0.39 is 20.8 Å². The van der Waals surface area contributed by atoms with E-state index in [4.69, 9.17) is 17.0 Å². The summed E-state index contributed by atoms with van der Waals surface area (Å²) < 4.78 is 0. The Hall–Kier alpha value is -3.78. The number of hydrogen-bond donors (Lipinski definition) is 0. The van der Waals surface area contributed by atoms with E-state index in [1.807, 2.05) is 6.07 Å². The van der Waals surface area contributed by atoms with Gasteiger partial charge < -0.3 is 0 Å². The van der Waals surface area contributed by atoms with Crippen LogP contribution in [0.2, 0.25) is 0 Å². The molecule has 0 aliphatic carbocycles. The standard InChI is InChI=1S/2C22H25.C12H7Si.2ClH.Zr/c2*1-15(2)19-12-11-17-13-18(22(3,4)5)14-20(17)21(19)16-9-7-6-8-10-16;1-3-7-11-9(5-1)10-6-2-4-8-12(10)13-11;;;/h2*6-15H,1-5H3;1-7H;2*1H;/q3*-1;;;+2/p-2. The maximum atomic E-state index is 4.93. The van der Waals surface area contributed by atoms with E-state index in [0.717, 1.165) is 9.52 Å². The summed E-state index contributed by atoms with van der Waals surface area (Å²) in [6.07, 6.45) is 0. The number of fused-ring (bicyclic) bond motifs is 5.